The summed E-state index contributed by atoms with van der Waals surface area (Å²) in [7, 11) is 5.70. The number of benzene rings is 3. The van der Waals surface area contributed by atoms with Crippen molar-refractivity contribution in [3.05, 3.63) is 125 Å². The third-order valence-electron chi connectivity index (χ3n) is 7.65. The SMILES string of the molecule is COc1cccc(CNC(=O)N2Cc3c(C)nn(-c4ccccc4)c3-n3cccc3[C@@H]2c2ccc(N(C)C)cc2)c1. The van der Waals surface area contributed by atoms with Crippen molar-refractivity contribution in [3.63, 3.8) is 0 Å². The fourth-order valence-corrected chi connectivity index (χ4v) is 5.52. The van der Waals surface area contributed by atoms with Crippen LogP contribution in [0, 0.1) is 6.92 Å². The Bertz CT molecular complexity index is 1670. The molecule has 0 fully saturated rings. The van der Waals surface area contributed by atoms with Crippen LogP contribution in [-0.4, -0.2) is 46.5 Å². The first kappa shape index (κ1) is 26.3. The largest absolute Gasteiger partial charge is 0.497 e. The van der Waals surface area contributed by atoms with Gasteiger partial charge in [-0.25, -0.2) is 9.48 Å². The highest BCUT2D eigenvalue weighted by Crippen LogP contribution is 2.38. The number of rotatable bonds is 6. The van der Waals surface area contributed by atoms with Crippen molar-refractivity contribution in [2.75, 3.05) is 26.1 Å². The molecule has 6 rings (SSSR count). The average molecular weight is 547 g/mol. The number of nitrogens with zero attached hydrogens (tertiary/aromatic N) is 5. The Kier molecular flexibility index (Phi) is 6.97. The van der Waals surface area contributed by atoms with Crippen LogP contribution in [-0.2, 0) is 13.1 Å². The van der Waals surface area contributed by atoms with Crippen LogP contribution >= 0.6 is 0 Å². The number of carbonyl (C=O) groups excluding carboxylic acids is 1. The third kappa shape index (κ3) is 4.93. The number of ether oxygens (including phenoxy) is 1. The Morgan fingerprint density at radius 1 is 1.00 bits per heavy atom. The Labute approximate surface area is 240 Å². The number of para-hydroxylation sites is 1. The molecule has 1 atom stereocenters. The van der Waals surface area contributed by atoms with Crippen molar-refractivity contribution in [1.29, 1.82) is 0 Å². The predicted molar refractivity (Wildman–Crippen MR) is 161 cm³/mol. The van der Waals surface area contributed by atoms with Gasteiger partial charge in [-0.15, -0.1) is 0 Å². The van der Waals surface area contributed by atoms with Gasteiger partial charge in [-0.3, -0.25) is 0 Å². The van der Waals surface area contributed by atoms with Crippen molar-refractivity contribution in [3.8, 4) is 17.3 Å². The lowest BCUT2D eigenvalue weighted by Gasteiger charge is -2.31. The topological polar surface area (TPSA) is 67.6 Å². The minimum atomic E-state index is -0.317. The van der Waals surface area contributed by atoms with E-state index < -0.39 is 0 Å². The van der Waals surface area contributed by atoms with E-state index in [1.54, 1.807) is 7.11 Å². The van der Waals surface area contributed by atoms with Crippen LogP contribution < -0.4 is 15.0 Å². The van der Waals surface area contributed by atoms with E-state index in [0.717, 1.165) is 51.0 Å². The second-order valence-corrected chi connectivity index (χ2v) is 10.5. The van der Waals surface area contributed by atoms with Crippen LogP contribution in [0.15, 0.2) is 97.2 Å². The van der Waals surface area contributed by atoms with Gasteiger partial charge in [-0.05, 0) is 66.6 Å². The maximum Gasteiger partial charge on any atom is 0.318 e. The summed E-state index contributed by atoms with van der Waals surface area (Å²) >= 11 is 0. The Morgan fingerprint density at radius 3 is 2.51 bits per heavy atom. The fourth-order valence-electron chi connectivity index (χ4n) is 5.52. The van der Waals surface area contributed by atoms with E-state index in [1.807, 2.05) is 79.1 Å². The number of urea groups is 1. The van der Waals surface area contributed by atoms with Crippen molar-refractivity contribution in [2.45, 2.75) is 26.1 Å². The highest BCUT2D eigenvalue weighted by atomic mass is 16.5. The van der Waals surface area contributed by atoms with E-state index in [0.29, 0.717) is 13.1 Å². The molecule has 0 unspecified atom stereocenters. The molecule has 1 aliphatic rings. The number of aryl methyl sites for hydroxylation is 1. The fraction of sp³-hybridized carbons (Fsp3) is 0.212. The number of amides is 2. The summed E-state index contributed by atoms with van der Waals surface area (Å²) in [6.07, 6.45) is 2.06. The van der Waals surface area contributed by atoms with E-state index in [4.69, 9.17) is 9.84 Å². The maximum atomic E-state index is 14.1. The molecular formula is C33H34N6O2. The van der Waals surface area contributed by atoms with E-state index >= 15 is 0 Å². The molecule has 1 aliphatic heterocycles. The molecule has 0 aliphatic carbocycles. The number of nitrogens with one attached hydrogen (secondary N) is 1. The molecule has 3 heterocycles. The molecule has 41 heavy (non-hydrogen) atoms. The normalized spacial score (nSPS) is 14.1. The Hall–Kier alpha value is -4.98. The predicted octanol–water partition coefficient (Wildman–Crippen LogP) is 5.86. The van der Waals surface area contributed by atoms with Crippen LogP contribution in [0.25, 0.3) is 11.5 Å². The van der Waals surface area contributed by atoms with Crippen molar-refractivity contribution < 1.29 is 9.53 Å². The molecule has 2 aromatic heterocycles. The highest BCUT2D eigenvalue weighted by Gasteiger charge is 2.36. The van der Waals surface area contributed by atoms with Gasteiger partial charge in [0.25, 0.3) is 0 Å². The summed E-state index contributed by atoms with van der Waals surface area (Å²) in [6.45, 7) is 2.80. The Morgan fingerprint density at radius 2 is 1.78 bits per heavy atom. The number of carbonyl (C=O) groups is 1. The summed E-state index contributed by atoms with van der Waals surface area (Å²) < 4.78 is 9.55. The molecule has 0 bridgehead atoms. The summed E-state index contributed by atoms with van der Waals surface area (Å²) in [4.78, 5) is 18.1. The van der Waals surface area contributed by atoms with Crippen molar-refractivity contribution >= 4 is 11.7 Å². The molecule has 8 nitrogen and oxygen atoms in total. The summed E-state index contributed by atoms with van der Waals surface area (Å²) in [5.41, 5.74) is 6.97. The Balaban J connectivity index is 1.45. The van der Waals surface area contributed by atoms with Crippen LogP contribution in [0.3, 0.4) is 0 Å². The molecule has 0 saturated heterocycles. The zero-order valence-electron chi connectivity index (χ0n) is 23.8. The number of hydrogen-bond donors (Lipinski definition) is 1. The molecular weight excluding hydrogens is 512 g/mol. The zero-order chi connectivity index (χ0) is 28.5. The summed E-state index contributed by atoms with van der Waals surface area (Å²) in [5.74, 6) is 1.71. The van der Waals surface area contributed by atoms with Crippen LogP contribution in [0.5, 0.6) is 5.75 Å². The molecule has 0 spiro atoms. The van der Waals surface area contributed by atoms with Gasteiger partial charge in [-0.2, -0.15) is 5.10 Å². The smallest absolute Gasteiger partial charge is 0.318 e. The van der Waals surface area contributed by atoms with E-state index in [9.17, 15) is 4.79 Å². The zero-order valence-corrected chi connectivity index (χ0v) is 23.8. The van der Waals surface area contributed by atoms with Crippen LogP contribution in [0.4, 0.5) is 10.5 Å². The number of aromatic nitrogens is 3. The van der Waals surface area contributed by atoms with E-state index in [1.165, 1.54) is 0 Å². The van der Waals surface area contributed by atoms with Gasteiger partial charge in [0.05, 0.1) is 36.8 Å². The second kappa shape index (κ2) is 10.9. The number of anilines is 1. The lowest BCUT2D eigenvalue weighted by Crippen LogP contribution is -2.41. The van der Waals surface area contributed by atoms with Crippen molar-refractivity contribution in [2.24, 2.45) is 0 Å². The second-order valence-electron chi connectivity index (χ2n) is 10.5. The third-order valence-corrected chi connectivity index (χ3v) is 7.65. The molecule has 0 saturated carbocycles. The first-order valence-electron chi connectivity index (χ1n) is 13.7. The van der Waals surface area contributed by atoms with Gasteiger partial charge in [0.15, 0.2) is 0 Å². The van der Waals surface area contributed by atoms with Gasteiger partial charge in [0.2, 0.25) is 0 Å². The van der Waals surface area contributed by atoms with Crippen LogP contribution in [0.2, 0.25) is 0 Å². The lowest BCUT2D eigenvalue weighted by molar-refractivity contribution is 0.180. The molecule has 3 aromatic carbocycles. The van der Waals surface area contributed by atoms with Gasteiger partial charge >= 0.3 is 6.03 Å². The minimum Gasteiger partial charge on any atom is -0.497 e. The number of fused-ring (bicyclic) bond motifs is 3. The average Bonchev–Trinajstić information content (AvgIpc) is 3.56. The molecule has 0 radical (unpaired) electrons. The van der Waals surface area contributed by atoms with Crippen LogP contribution in [0.1, 0.15) is 34.1 Å². The molecule has 1 N–H and O–H groups in total. The summed E-state index contributed by atoms with van der Waals surface area (Å²) in [5, 5.41) is 8.11. The first-order valence-corrected chi connectivity index (χ1v) is 13.7. The van der Waals surface area contributed by atoms with E-state index in [-0.39, 0.29) is 12.1 Å². The lowest BCUT2D eigenvalue weighted by atomic mass is 10.0. The monoisotopic (exact) mass is 546 g/mol. The molecule has 2 amide bonds. The van der Waals surface area contributed by atoms with Gasteiger partial charge in [-0.1, -0.05) is 42.5 Å². The minimum absolute atomic E-state index is 0.151. The highest BCUT2D eigenvalue weighted by molar-refractivity contribution is 5.76. The standard InChI is InChI=1S/C33H34N6O2/c1-23-29-22-38(33(40)34-21-24-10-8-13-28(20-24)41-4)31(25-15-17-26(18-16-25)36(2)3)30-14-9-19-37(30)32(29)39(35-23)27-11-6-5-7-12-27/h5-20,31H,21-22H2,1-4H3,(H,34,40)/t31-/m0/s1. The number of hydrogen-bond acceptors (Lipinski definition) is 4. The molecule has 8 heteroatoms. The molecule has 5 aromatic rings. The van der Waals surface area contributed by atoms with Gasteiger partial charge in [0, 0.05) is 38.1 Å². The van der Waals surface area contributed by atoms with Gasteiger partial charge in [0.1, 0.15) is 11.6 Å². The van der Waals surface area contributed by atoms with Gasteiger partial charge < -0.3 is 24.4 Å². The maximum absolute atomic E-state index is 14.1. The van der Waals surface area contributed by atoms with Crippen molar-refractivity contribution in [1.82, 2.24) is 24.6 Å². The first-order chi connectivity index (χ1) is 19.9. The summed E-state index contributed by atoms with van der Waals surface area (Å²) in [6, 6.07) is 30.0. The number of methoxy groups -OCH3 is 1. The van der Waals surface area contributed by atoms with E-state index in [2.05, 4.69) is 63.4 Å². The quantitative estimate of drug-likeness (QED) is 0.290. The molecule has 208 valence electrons.